The quantitative estimate of drug-likeness (QED) is 0.486. The number of nitrogens with one attached hydrogen (secondary N) is 1. The fourth-order valence-electron chi connectivity index (χ4n) is 1.02. The van der Waals surface area contributed by atoms with Gasteiger partial charge in [-0.25, -0.2) is 0 Å². The van der Waals surface area contributed by atoms with Crippen molar-refractivity contribution in [2.45, 2.75) is 0 Å². The molecule has 3 N–H and O–H groups in total. The molecular weight excluding hydrogens is 154 g/mol. The van der Waals surface area contributed by atoms with E-state index in [-0.39, 0.29) is 5.84 Å². The van der Waals surface area contributed by atoms with Crippen LogP contribution in [0.5, 0.6) is 0 Å². The number of fused-ring (bicyclic) bond motifs is 1. The lowest BCUT2D eigenvalue weighted by molar-refractivity contribution is 0.601. The predicted molar refractivity (Wildman–Crippen MR) is 45.0 cm³/mol. The van der Waals surface area contributed by atoms with Gasteiger partial charge in [-0.15, -0.1) is 0 Å². The van der Waals surface area contributed by atoms with Crippen molar-refractivity contribution in [3.63, 3.8) is 0 Å². The number of nitrogens with two attached hydrogens (primary N) is 1. The van der Waals surface area contributed by atoms with Crippen molar-refractivity contribution in [2.75, 3.05) is 0 Å². The maximum Gasteiger partial charge on any atom is 0.169 e. The summed E-state index contributed by atoms with van der Waals surface area (Å²) in [5.41, 5.74) is 5.90. The van der Waals surface area contributed by atoms with E-state index in [4.69, 9.17) is 15.6 Å². The highest BCUT2D eigenvalue weighted by molar-refractivity contribution is 5.96. The Hall–Kier alpha value is -1.84. The third-order valence-electron chi connectivity index (χ3n) is 1.59. The molecule has 0 radical (unpaired) electrons. The standard InChI is InChI=1S/C8H7N3O/c9-8(10)6-3-5-1-2-11-4-7(5)12-6/h1-4H,(H3,9,10). The Bertz CT molecular complexity index is 400. The molecule has 4 heteroatoms. The summed E-state index contributed by atoms with van der Waals surface area (Å²) < 4.78 is 5.22. The summed E-state index contributed by atoms with van der Waals surface area (Å²) in [6.07, 6.45) is 3.27. The van der Waals surface area contributed by atoms with Crippen LogP contribution >= 0.6 is 0 Å². The molecule has 0 saturated carbocycles. The fraction of sp³-hybridized carbons (Fsp3) is 0. The van der Waals surface area contributed by atoms with Crippen LogP contribution in [0.3, 0.4) is 0 Å². The summed E-state index contributed by atoms with van der Waals surface area (Å²) in [5.74, 6) is 0.323. The number of nitrogen functional groups attached to an aromatic ring is 1. The van der Waals surface area contributed by atoms with Gasteiger partial charge in [-0.3, -0.25) is 10.4 Å². The number of furan rings is 1. The van der Waals surface area contributed by atoms with Gasteiger partial charge in [-0.2, -0.15) is 0 Å². The van der Waals surface area contributed by atoms with Crippen LogP contribution in [0.2, 0.25) is 0 Å². The van der Waals surface area contributed by atoms with E-state index in [1.54, 1.807) is 18.5 Å². The molecule has 2 aromatic rings. The zero-order valence-electron chi connectivity index (χ0n) is 6.24. The molecule has 0 aromatic carbocycles. The smallest absolute Gasteiger partial charge is 0.169 e. The third-order valence-corrected chi connectivity index (χ3v) is 1.59. The molecule has 0 aliphatic carbocycles. The average Bonchev–Trinajstić information content (AvgIpc) is 2.46. The van der Waals surface area contributed by atoms with E-state index in [1.165, 1.54) is 0 Å². The summed E-state index contributed by atoms with van der Waals surface area (Å²) in [6.45, 7) is 0. The molecule has 0 fully saturated rings. The van der Waals surface area contributed by atoms with Gasteiger partial charge in [0.05, 0.1) is 6.20 Å². The van der Waals surface area contributed by atoms with Crippen molar-refractivity contribution in [1.29, 1.82) is 5.41 Å². The largest absolute Gasteiger partial charge is 0.451 e. The lowest BCUT2D eigenvalue weighted by atomic mass is 10.3. The zero-order valence-corrected chi connectivity index (χ0v) is 6.24. The zero-order chi connectivity index (χ0) is 8.55. The molecule has 0 unspecified atom stereocenters. The first-order valence-electron chi connectivity index (χ1n) is 3.45. The number of pyridine rings is 1. The highest BCUT2D eigenvalue weighted by Gasteiger charge is 2.04. The van der Waals surface area contributed by atoms with E-state index in [0.29, 0.717) is 11.3 Å². The van der Waals surface area contributed by atoms with Crippen molar-refractivity contribution < 1.29 is 4.42 Å². The minimum absolute atomic E-state index is 0.0637. The van der Waals surface area contributed by atoms with Gasteiger partial charge in [-0.1, -0.05) is 0 Å². The predicted octanol–water partition coefficient (Wildman–Crippen LogP) is 1.11. The van der Waals surface area contributed by atoms with E-state index >= 15 is 0 Å². The maximum absolute atomic E-state index is 7.13. The Morgan fingerprint density at radius 2 is 2.42 bits per heavy atom. The first-order valence-corrected chi connectivity index (χ1v) is 3.45. The highest BCUT2D eigenvalue weighted by Crippen LogP contribution is 2.16. The highest BCUT2D eigenvalue weighted by atomic mass is 16.3. The van der Waals surface area contributed by atoms with Crippen molar-refractivity contribution in [1.82, 2.24) is 4.98 Å². The van der Waals surface area contributed by atoms with Gasteiger partial charge in [0, 0.05) is 11.6 Å². The van der Waals surface area contributed by atoms with Gasteiger partial charge in [-0.05, 0) is 12.1 Å². The molecule has 0 aliphatic rings. The first-order chi connectivity index (χ1) is 5.77. The molecule has 2 heterocycles. The molecule has 4 nitrogen and oxygen atoms in total. The molecule has 0 spiro atoms. The number of hydrogen-bond acceptors (Lipinski definition) is 3. The second-order valence-electron chi connectivity index (χ2n) is 2.44. The van der Waals surface area contributed by atoms with Crippen LogP contribution in [0.1, 0.15) is 5.76 Å². The lowest BCUT2D eigenvalue weighted by Gasteiger charge is -1.86. The molecule has 0 saturated heterocycles. The number of nitrogens with zero attached hydrogens (tertiary/aromatic N) is 1. The Morgan fingerprint density at radius 1 is 1.58 bits per heavy atom. The molecule has 0 bridgehead atoms. The van der Waals surface area contributed by atoms with Gasteiger partial charge in [0.1, 0.15) is 0 Å². The van der Waals surface area contributed by atoms with Crippen LogP contribution in [-0.4, -0.2) is 10.8 Å². The van der Waals surface area contributed by atoms with E-state index < -0.39 is 0 Å². The number of aromatic nitrogens is 1. The van der Waals surface area contributed by atoms with Crippen LogP contribution < -0.4 is 5.73 Å². The van der Waals surface area contributed by atoms with Crippen molar-refractivity contribution in [3.8, 4) is 0 Å². The Labute approximate surface area is 68.5 Å². The van der Waals surface area contributed by atoms with Gasteiger partial charge in [0.25, 0.3) is 0 Å². The summed E-state index contributed by atoms with van der Waals surface area (Å²) >= 11 is 0. The molecule has 0 aliphatic heterocycles. The van der Waals surface area contributed by atoms with E-state index in [0.717, 1.165) is 5.39 Å². The number of rotatable bonds is 1. The maximum atomic E-state index is 7.13. The second-order valence-corrected chi connectivity index (χ2v) is 2.44. The summed E-state index contributed by atoms with van der Waals surface area (Å²) in [6, 6.07) is 3.53. The molecule has 60 valence electrons. The summed E-state index contributed by atoms with van der Waals surface area (Å²) in [5, 5.41) is 8.04. The van der Waals surface area contributed by atoms with Gasteiger partial charge < -0.3 is 10.2 Å². The van der Waals surface area contributed by atoms with Crippen molar-refractivity contribution >= 4 is 16.8 Å². The molecule has 0 atom stereocenters. The van der Waals surface area contributed by atoms with E-state index in [9.17, 15) is 0 Å². The molecule has 0 amide bonds. The van der Waals surface area contributed by atoms with Crippen LogP contribution in [0, 0.1) is 5.41 Å². The van der Waals surface area contributed by atoms with Crippen molar-refractivity contribution in [2.24, 2.45) is 5.73 Å². The average molecular weight is 161 g/mol. The SMILES string of the molecule is N=C(N)c1cc2ccncc2o1. The van der Waals surface area contributed by atoms with E-state index in [2.05, 4.69) is 4.98 Å². The number of amidine groups is 1. The second kappa shape index (κ2) is 2.34. The molecule has 2 aromatic heterocycles. The normalized spacial score (nSPS) is 10.3. The topological polar surface area (TPSA) is 75.9 Å². The van der Waals surface area contributed by atoms with Crippen LogP contribution in [0.15, 0.2) is 28.9 Å². The lowest BCUT2D eigenvalue weighted by Crippen LogP contribution is -2.09. The monoisotopic (exact) mass is 161 g/mol. The van der Waals surface area contributed by atoms with Crippen LogP contribution in [0.25, 0.3) is 11.0 Å². The third kappa shape index (κ3) is 0.934. The Balaban J connectivity index is 2.70. The minimum atomic E-state index is -0.0637. The van der Waals surface area contributed by atoms with Crippen LogP contribution in [0.4, 0.5) is 0 Å². The summed E-state index contributed by atoms with van der Waals surface area (Å²) in [4.78, 5) is 3.88. The molecule has 2 rings (SSSR count). The minimum Gasteiger partial charge on any atom is -0.451 e. The summed E-state index contributed by atoms with van der Waals surface area (Å²) in [7, 11) is 0. The Morgan fingerprint density at radius 3 is 3.08 bits per heavy atom. The first kappa shape index (κ1) is 6.84. The van der Waals surface area contributed by atoms with Crippen molar-refractivity contribution in [3.05, 3.63) is 30.3 Å². The van der Waals surface area contributed by atoms with Gasteiger partial charge in [0.2, 0.25) is 0 Å². The fourth-order valence-corrected chi connectivity index (χ4v) is 1.02. The van der Waals surface area contributed by atoms with Gasteiger partial charge >= 0.3 is 0 Å². The molecule has 12 heavy (non-hydrogen) atoms. The Kier molecular flexibility index (Phi) is 1.33. The van der Waals surface area contributed by atoms with Gasteiger partial charge in [0.15, 0.2) is 17.2 Å². The van der Waals surface area contributed by atoms with E-state index in [1.807, 2.05) is 6.07 Å². The number of hydrogen-bond donors (Lipinski definition) is 2. The molecular formula is C8H7N3O. The van der Waals surface area contributed by atoms with Crippen LogP contribution in [-0.2, 0) is 0 Å².